The smallest absolute Gasteiger partial charge is 0.269 e. The lowest BCUT2D eigenvalue weighted by molar-refractivity contribution is -0.384. The van der Waals surface area contributed by atoms with E-state index < -0.39 is 4.92 Å². The quantitative estimate of drug-likeness (QED) is 0.119. The average molecular weight is 481 g/mol. The van der Waals surface area contributed by atoms with Gasteiger partial charge in [-0.05, 0) is 37.1 Å². The van der Waals surface area contributed by atoms with Crippen molar-refractivity contribution in [2.45, 2.75) is 30.2 Å². The first kappa shape index (κ1) is 23.6. The molecule has 176 valence electrons. The highest BCUT2D eigenvalue weighted by Gasteiger charge is 2.22. The molecule has 0 bridgehead atoms. The van der Waals surface area contributed by atoms with Crippen LogP contribution in [-0.4, -0.2) is 55.9 Å². The standard InChI is InChI=1S/C23H24N6O4S/c1-3-19(22(30)24-13-6-14-33-2)34-23-25-18-8-5-4-7-17(18)21-26-20(27-28(21)23)15-9-11-16(12-10-15)29(31)32/h4-5,7-12,19H,3,6,13-14H2,1-2H3,(H,24,30)/t19-/m0/s1. The maximum absolute atomic E-state index is 12.8. The molecule has 2 aromatic carbocycles. The Morgan fingerprint density at radius 1 is 1.21 bits per heavy atom. The fourth-order valence-corrected chi connectivity index (χ4v) is 4.44. The molecule has 0 spiro atoms. The molecule has 10 nitrogen and oxygen atoms in total. The van der Waals surface area contributed by atoms with Crippen LogP contribution in [0.1, 0.15) is 19.8 Å². The van der Waals surface area contributed by atoms with Gasteiger partial charge >= 0.3 is 0 Å². The van der Waals surface area contributed by atoms with E-state index in [2.05, 4.69) is 10.4 Å². The normalized spacial score (nSPS) is 12.2. The Morgan fingerprint density at radius 2 is 1.97 bits per heavy atom. The van der Waals surface area contributed by atoms with E-state index in [1.165, 1.54) is 23.9 Å². The summed E-state index contributed by atoms with van der Waals surface area (Å²) in [6.07, 6.45) is 1.35. The zero-order chi connectivity index (χ0) is 24.1. The number of non-ortho nitro benzene ring substituents is 1. The lowest BCUT2D eigenvalue weighted by atomic mass is 10.2. The Hall–Kier alpha value is -3.57. The Bertz CT molecular complexity index is 1320. The monoisotopic (exact) mass is 480 g/mol. The second-order valence-electron chi connectivity index (χ2n) is 7.54. The van der Waals surface area contributed by atoms with E-state index in [4.69, 9.17) is 14.7 Å². The third-order valence-corrected chi connectivity index (χ3v) is 6.53. The number of carbonyl (C=O) groups excluding carboxylic acids is 1. The van der Waals surface area contributed by atoms with E-state index in [0.29, 0.717) is 41.8 Å². The Balaban J connectivity index is 1.70. The maximum atomic E-state index is 12.8. The van der Waals surface area contributed by atoms with Crippen molar-refractivity contribution < 1.29 is 14.5 Å². The number of nitrogens with zero attached hydrogens (tertiary/aromatic N) is 5. The van der Waals surface area contributed by atoms with Crippen LogP contribution in [0.5, 0.6) is 0 Å². The number of aromatic nitrogens is 4. The molecule has 2 aromatic heterocycles. The van der Waals surface area contributed by atoms with Crippen LogP contribution in [0.3, 0.4) is 0 Å². The number of nitro groups is 1. The fourth-order valence-electron chi connectivity index (χ4n) is 3.45. The van der Waals surface area contributed by atoms with Gasteiger partial charge in [0.1, 0.15) is 0 Å². The molecule has 0 fully saturated rings. The van der Waals surface area contributed by atoms with Gasteiger partial charge in [0.2, 0.25) is 5.91 Å². The van der Waals surface area contributed by atoms with E-state index in [0.717, 1.165) is 17.3 Å². The number of nitro benzene ring substituents is 1. The first-order chi connectivity index (χ1) is 16.5. The van der Waals surface area contributed by atoms with Crippen LogP contribution in [0.25, 0.3) is 27.9 Å². The van der Waals surface area contributed by atoms with Crippen LogP contribution >= 0.6 is 11.8 Å². The number of methoxy groups -OCH3 is 1. The maximum Gasteiger partial charge on any atom is 0.269 e. The van der Waals surface area contributed by atoms with Crippen molar-refractivity contribution in [3.05, 3.63) is 58.6 Å². The summed E-state index contributed by atoms with van der Waals surface area (Å²) in [5, 5.41) is 19.6. The fraction of sp³-hybridized carbons (Fsp3) is 0.304. The van der Waals surface area contributed by atoms with Gasteiger partial charge in [0.25, 0.3) is 5.69 Å². The molecule has 4 aromatic rings. The summed E-state index contributed by atoms with van der Waals surface area (Å²) in [4.78, 5) is 32.8. The van der Waals surface area contributed by atoms with Gasteiger partial charge < -0.3 is 10.1 Å². The van der Waals surface area contributed by atoms with Crippen molar-refractivity contribution in [3.8, 4) is 11.4 Å². The molecule has 0 saturated heterocycles. The van der Waals surface area contributed by atoms with E-state index in [1.54, 1.807) is 23.8 Å². The van der Waals surface area contributed by atoms with Crippen LogP contribution < -0.4 is 5.32 Å². The first-order valence-electron chi connectivity index (χ1n) is 10.9. The number of amides is 1. The average Bonchev–Trinajstić information content (AvgIpc) is 3.31. The molecule has 34 heavy (non-hydrogen) atoms. The summed E-state index contributed by atoms with van der Waals surface area (Å²) in [7, 11) is 1.63. The van der Waals surface area contributed by atoms with Crippen molar-refractivity contribution >= 4 is 39.9 Å². The number of hydrogen-bond donors (Lipinski definition) is 1. The first-order valence-corrected chi connectivity index (χ1v) is 11.7. The van der Waals surface area contributed by atoms with Crippen LogP contribution in [-0.2, 0) is 9.53 Å². The lowest BCUT2D eigenvalue weighted by Gasteiger charge is -2.15. The number of carbonyl (C=O) groups is 1. The predicted molar refractivity (Wildman–Crippen MR) is 130 cm³/mol. The summed E-state index contributed by atoms with van der Waals surface area (Å²) in [6, 6.07) is 13.7. The number of benzene rings is 2. The SMILES string of the molecule is CC[C@H](Sc1nc2ccccc2c2nc(-c3ccc([N+](=O)[O-])cc3)nn12)C(=O)NCCCOC. The van der Waals surface area contributed by atoms with Crippen LogP contribution in [0.4, 0.5) is 5.69 Å². The largest absolute Gasteiger partial charge is 0.385 e. The molecule has 0 saturated carbocycles. The third kappa shape index (κ3) is 5.00. The van der Waals surface area contributed by atoms with Crippen molar-refractivity contribution in [2.75, 3.05) is 20.3 Å². The molecule has 0 aliphatic rings. The van der Waals surface area contributed by atoms with Crippen LogP contribution in [0.15, 0.2) is 53.7 Å². The minimum absolute atomic E-state index is 0.00169. The van der Waals surface area contributed by atoms with Gasteiger partial charge in [-0.3, -0.25) is 14.9 Å². The Kier molecular flexibility index (Phi) is 7.33. The van der Waals surface area contributed by atoms with Gasteiger partial charge in [-0.1, -0.05) is 30.8 Å². The van der Waals surface area contributed by atoms with E-state index >= 15 is 0 Å². The molecular formula is C23H24N6O4S. The molecule has 1 atom stereocenters. The number of fused-ring (bicyclic) bond motifs is 3. The van der Waals surface area contributed by atoms with Crippen molar-refractivity contribution in [2.24, 2.45) is 0 Å². The highest BCUT2D eigenvalue weighted by molar-refractivity contribution is 8.00. The number of ether oxygens (including phenoxy) is 1. The van der Waals surface area contributed by atoms with Gasteiger partial charge in [0, 0.05) is 43.3 Å². The number of hydrogen-bond acceptors (Lipinski definition) is 8. The van der Waals surface area contributed by atoms with Crippen molar-refractivity contribution in [1.82, 2.24) is 24.9 Å². The van der Waals surface area contributed by atoms with E-state index in [-0.39, 0.29) is 16.8 Å². The summed E-state index contributed by atoms with van der Waals surface area (Å²) in [6.45, 7) is 3.08. The molecule has 4 rings (SSSR count). The summed E-state index contributed by atoms with van der Waals surface area (Å²) in [5.41, 5.74) is 2.00. The minimum atomic E-state index is -0.446. The molecule has 1 N–H and O–H groups in total. The topological polar surface area (TPSA) is 125 Å². The number of para-hydroxylation sites is 1. The van der Waals surface area contributed by atoms with E-state index in [1.807, 2.05) is 31.2 Å². The molecule has 1 amide bonds. The highest BCUT2D eigenvalue weighted by atomic mass is 32.2. The summed E-state index contributed by atoms with van der Waals surface area (Å²) >= 11 is 1.34. The third-order valence-electron chi connectivity index (χ3n) is 5.22. The summed E-state index contributed by atoms with van der Waals surface area (Å²) < 4.78 is 6.68. The Morgan fingerprint density at radius 3 is 2.68 bits per heavy atom. The van der Waals surface area contributed by atoms with Crippen LogP contribution in [0.2, 0.25) is 0 Å². The zero-order valence-electron chi connectivity index (χ0n) is 18.8. The van der Waals surface area contributed by atoms with Gasteiger partial charge in [0.15, 0.2) is 16.6 Å². The molecule has 0 radical (unpaired) electrons. The minimum Gasteiger partial charge on any atom is -0.385 e. The number of nitrogens with one attached hydrogen (secondary N) is 1. The summed E-state index contributed by atoms with van der Waals surface area (Å²) in [5.74, 6) is 0.356. The molecule has 2 heterocycles. The van der Waals surface area contributed by atoms with Gasteiger partial charge in [0.05, 0.1) is 15.7 Å². The second kappa shape index (κ2) is 10.6. The second-order valence-corrected chi connectivity index (χ2v) is 8.71. The predicted octanol–water partition coefficient (Wildman–Crippen LogP) is 3.88. The number of rotatable bonds is 10. The zero-order valence-corrected chi connectivity index (χ0v) is 19.6. The molecule has 0 aliphatic heterocycles. The highest BCUT2D eigenvalue weighted by Crippen LogP contribution is 2.30. The molecule has 11 heteroatoms. The molecule has 0 unspecified atom stereocenters. The van der Waals surface area contributed by atoms with Gasteiger partial charge in [-0.15, -0.1) is 5.10 Å². The van der Waals surface area contributed by atoms with Crippen molar-refractivity contribution in [3.63, 3.8) is 0 Å². The molecular weight excluding hydrogens is 456 g/mol. The van der Waals surface area contributed by atoms with Crippen molar-refractivity contribution in [1.29, 1.82) is 0 Å². The Labute approximate surface area is 199 Å². The molecule has 0 aliphatic carbocycles. The van der Waals surface area contributed by atoms with Gasteiger partial charge in [-0.25, -0.2) is 9.97 Å². The lowest BCUT2D eigenvalue weighted by Crippen LogP contribution is -2.33. The van der Waals surface area contributed by atoms with Gasteiger partial charge in [-0.2, -0.15) is 4.52 Å². The van der Waals surface area contributed by atoms with Crippen LogP contribution in [0, 0.1) is 10.1 Å². The van der Waals surface area contributed by atoms with E-state index in [9.17, 15) is 14.9 Å². The number of thioether (sulfide) groups is 1.